The Morgan fingerprint density at radius 2 is 1.00 bits per heavy atom. The molecule has 7 aromatic rings. The third-order valence-electron chi connectivity index (χ3n) is 15.2. The van der Waals surface area contributed by atoms with Gasteiger partial charge in [0.2, 0.25) is 22.2 Å². The molecule has 2 aliphatic rings. The highest BCUT2D eigenvalue weighted by Gasteiger charge is 2.27. The first-order chi connectivity index (χ1) is 47.9. The van der Waals surface area contributed by atoms with E-state index in [0.29, 0.717) is 134 Å². The van der Waals surface area contributed by atoms with Crippen molar-refractivity contribution in [1.29, 1.82) is 0 Å². The topological polar surface area (TPSA) is 409 Å². The van der Waals surface area contributed by atoms with Crippen molar-refractivity contribution >= 4 is 169 Å². The summed E-state index contributed by atoms with van der Waals surface area (Å²) in [5.41, 5.74) is 1.94. The Hall–Kier alpha value is -9.44. The second kappa shape index (κ2) is 34.1. The van der Waals surface area contributed by atoms with E-state index in [1.807, 2.05) is 49.6 Å². The van der Waals surface area contributed by atoms with Crippen LogP contribution in [0.2, 0.25) is 0 Å². The van der Waals surface area contributed by atoms with Gasteiger partial charge in [0.05, 0.1) is 101 Å². The summed E-state index contributed by atoms with van der Waals surface area (Å²) in [6.45, 7) is 15.6. The number of Topliss-reactive ketones (excluding diaryl/α,β-unsaturated/α-hetero) is 2. The molecular formula is C63H73N17O15S5. The maximum atomic E-state index is 13.8. The Balaban J connectivity index is 1.10. The lowest BCUT2D eigenvalue weighted by Crippen LogP contribution is -2.36. The van der Waals surface area contributed by atoms with Crippen LogP contribution in [0, 0.1) is 0 Å². The highest BCUT2D eigenvalue weighted by molar-refractivity contribution is 7.99. The summed E-state index contributed by atoms with van der Waals surface area (Å²) in [5.74, 6) is -1.04. The normalized spacial score (nSPS) is 13.9. The third-order valence-corrected chi connectivity index (χ3v) is 19.4. The van der Waals surface area contributed by atoms with Gasteiger partial charge in [-0.05, 0) is 102 Å². The van der Waals surface area contributed by atoms with Crippen LogP contribution in [-0.2, 0) is 48.9 Å². The van der Waals surface area contributed by atoms with Crippen molar-refractivity contribution in [2.24, 2.45) is 20.5 Å². The Kier molecular flexibility index (Phi) is 25.5. The lowest BCUT2D eigenvalue weighted by Gasteiger charge is -2.27. The molecule has 4 aromatic carbocycles. The molecule has 32 nitrogen and oxygen atoms in total. The fraction of sp³-hybridized carbons (Fsp3) is 0.349. The van der Waals surface area contributed by atoms with Crippen molar-refractivity contribution in [3.8, 4) is 11.5 Å². The average Bonchev–Trinajstić information content (AvgIpc) is 1.22. The van der Waals surface area contributed by atoms with Crippen molar-refractivity contribution < 1.29 is 69.2 Å². The zero-order valence-corrected chi connectivity index (χ0v) is 59.7. The second-order valence-electron chi connectivity index (χ2n) is 21.6. The van der Waals surface area contributed by atoms with E-state index in [1.54, 1.807) is 12.1 Å². The second-order valence-corrected chi connectivity index (χ2v) is 27.5. The lowest BCUT2D eigenvalue weighted by molar-refractivity contribution is -0.120. The number of aliphatic hydroxyl groups is 1. The van der Waals surface area contributed by atoms with Crippen LogP contribution >= 0.6 is 34.4 Å². The molecule has 0 radical (unpaired) electrons. The average molecular weight is 1470 g/mol. The zero-order valence-electron chi connectivity index (χ0n) is 55.6. The summed E-state index contributed by atoms with van der Waals surface area (Å²) in [7, 11) is -6.18. The number of aliphatic hydroxyl groups excluding tert-OH is 1. The molecule has 0 unspecified atom stereocenters. The first kappa shape index (κ1) is 74.8. The van der Waals surface area contributed by atoms with Crippen LogP contribution in [0.25, 0.3) is 12.2 Å². The number of carbonyl (C=O) groups is 4. The number of ketones is 2. The number of ether oxygens (including phenoxy) is 4. The molecule has 0 bridgehead atoms. The van der Waals surface area contributed by atoms with Gasteiger partial charge in [0, 0.05) is 81.6 Å². The number of hydrogen-bond acceptors (Lipinski definition) is 31. The number of hydrogen-bond donors (Lipinski definition) is 7. The molecule has 0 saturated carbocycles. The first-order valence-corrected chi connectivity index (χ1v) is 36.7. The van der Waals surface area contributed by atoms with Gasteiger partial charge >= 0.3 is 0 Å². The van der Waals surface area contributed by atoms with E-state index in [0.717, 1.165) is 58.7 Å². The van der Waals surface area contributed by atoms with Crippen LogP contribution in [-0.4, -0.2) is 185 Å². The minimum absolute atomic E-state index is 0.00864. The Morgan fingerprint density at radius 3 is 1.35 bits per heavy atom. The molecule has 3 aromatic heterocycles. The molecule has 0 spiro atoms. The Labute approximate surface area is 588 Å². The summed E-state index contributed by atoms with van der Waals surface area (Å²) in [6, 6.07) is 16.9. The molecule has 2 aliphatic heterocycles. The number of thioether (sulfide) groups is 1. The minimum atomic E-state index is -4.61. The monoisotopic (exact) mass is 1470 g/mol. The molecule has 530 valence electrons. The molecule has 0 atom stereocenters. The van der Waals surface area contributed by atoms with Crippen LogP contribution in [0.1, 0.15) is 51.3 Å². The van der Waals surface area contributed by atoms with Crippen LogP contribution in [0.3, 0.4) is 0 Å². The zero-order chi connectivity index (χ0) is 71.8. The smallest absolute Gasteiger partial charge is 0.294 e. The van der Waals surface area contributed by atoms with E-state index < -0.39 is 53.4 Å². The van der Waals surface area contributed by atoms with E-state index in [9.17, 15) is 50.2 Å². The maximum absolute atomic E-state index is 13.8. The van der Waals surface area contributed by atoms with E-state index in [4.69, 9.17) is 54.1 Å². The number of azo groups is 2. The maximum Gasteiger partial charge on any atom is 0.294 e. The lowest BCUT2D eigenvalue weighted by atomic mass is 10.1. The van der Waals surface area contributed by atoms with Crippen molar-refractivity contribution in [3.63, 3.8) is 0 Å². The molecule has 37 heteroatoms. The van der Waals surface area contributed by atoms with Gasteiger partial charge in [-0.1, -0.05) is 46.6 Å². The molecule has 2 fully saturated rings. The standard InChI is InChI=1S/C63H73N17O15S5/c1-9-77(10-2)49-33-45(47(35-51(49)92-7)73-75-62-68-55(79-19-24-94-25-20-79)53(97-62)31-43(37(5)82)57(84)64-39-15-13-17-41(29-39)99(86,87)88)66-59-70-60(72-61(71-59)96-28-23-81)67-46-34-50(78(11-3)12-4)52(93-8)36-48(46)74-76-63-69-56(80-21-26-95-27-22-80)54(98-63)32-44(38(6)83)58(85)65-40-16-14-18-42(30-40)100(89,90)91/h13-18,29-36,81H,9-12,19-28H2,1-8H3,(H,64,84)(H,65,85)(H,86,87,88)(H,89,90,91)(H2,66,67,70,71,72). The van der Waals surface area contributed by atoms with Crippen LogP contribution in [0.5, 0.6) is 11.5 Å². The van der Waals surface area contributed by atoms with E-state index in [2.05, 4.69) is 41.3 Å². The van der Waals surface area contributed by atoms with Crippen molar-refractivity contribution in [1.82, 2.24) is 24.9 Å². The predicted octanol–water partition coefficient (Wildman–Crippen LogP) is 10.3. The molecule has 7 N–H and O–H groups in total. The highest BCUT2D eigenvalue weighted by atomic mass is 32.2. The number of nitrogens with one attached hydrogen (secondary N) is 4. The summed E-state index contributed by atoms with van der Waals surface area (Å²) in [6.07, 6.45) is 2.76. The van der Waals surface area contributed by atoms with E-state index >= 15 is 0 Å². The van der Waals surface area contributed by atoms with E-state index in [1.165, 1.54) is 64.5 Å². The number of nitrogens with zero attached hydrogens (tertiary/aromatic N) is 13. The molecule has 100 heavy (non-hydrogen) atoms. The van der Waals surface area contributed by atoms with Crippen LogP contribution < -0.4 is 50.3 Å². The molecule has 2 amide bonds. The van der Waals surface area contributed by atoms with Gasteiger partial charge in [-0.25, -0.2) is 0 Å². The summed E-state index contributed by atoms with van der Waals surface area (Å²) < 4.78 is 90.1. The number of benzene rings is 4. The summed E-state index contributed by atoms with van der Waals surface area (Å²) in [4.78, 5) is 86.0. The number of morpholine rings is 2. The van der Waals surface area contributed by atoms with Crippen LogP contribution in [0.15, 0.2) is 119 Å². The fourth-order valence-corrected chi connectivity index (χ4v) is 13.6. The molecule has 5 heterocycles. The van der Waals surface area contributed by atoms with Crippen molar-refractivity contribution in [3.05, 3.63) is 93.7 Å². The van der Waals surface area contributed by atoms with Crippen molar-refractivity contribution in [2.75, 3.05) is 146 Å². The SMILES string of the molecule is CCN(CC)c1cc(Nc2nc(Nc3cc(N(CC)CC)c(OC)cc3N=Nc3nc(N4CCOCC4)c(C=C(C(C)=O)C(=O)Nc4cccc(S(=O)(=O)O)c4)s3)nc(SCCO)n2)c(N=Nc2nc(N3CCOCC3)c(C=C(C(C)=O)C(=O)Nc3cccc(S(=O)(=O)O)c3)s2)cc1OC. The Bertz CT molecular complexity index is 4250. The number of carbonyl (C=O) groups excluding carboxylic acids is 4. The minimum Gasteiger partial charge on any atom is -0.494 e. The van der Waals surface area contributed by atoms with Gasteiger partial charge in [-0.15, -0.1) is 20.5 Å². The van der Waals surface area contributed by atoms with E-state index in [-0.39, 0.29) is 73.6 Å². The molecule has 2 saturated heterocycles. The van der Waals surface area contributed by atoms with Gasteiger partial charge in [0.25, 0.3) is 32.1 Å². The third kappa shape index (κ3) is 19.1. The Morgan fingerprint density at radius 1 is 0.600 bits per heavy atom. The number of amides is 2. The largest absolute Gasteiger partial charge is 0.494 e. The summed E-state index contributed by atoms with van der Waals surface area (Å²) >= 11 is 3.23. The number of methoxy groups -OCH3 is 2. The number of aromatic nitrogens is 5. The first-order valence-electron chi connectivity index (χ1n) is 31.2. The number of thiazole rings is 2. The van der Waals surface area contributed by atoms with Gasteiger partial charge in [0.1, 0.15) is 34.5 Å². The van der Waals surface area contributed by atoms with Crippen LogP contribution in [0.4, 0.5) is 79.3 Å². The highest BCUT2D eigenvalue weighted by Crippen LogP contribution is 2.45. The fourth-order valence-electron chi connectivity index (χ4n) is 10.2. The molecule has 0 aliphatic carbocycles. The van der Waals surface area contributed by atoms with Crippen molar-refractivity contribution in [2.45, 2.75) is 56.5 Å². The molecule has 9 rings (SSSR count). The summed E-state index contributed by atoms with van der Waals surface area (Å²) in [5, 5.41) is 41.0. The number of rotatable bonds is 31. The quantitative estimate of drug-likeness (QED) is 0.00530. The predicted molar refractivity (Wildman–Crippen MR) is 383 cm³/mol. The van der Waals surface area contributed by atoms with Gasteiger partial charge < -0.3 is 64.9 Å². The van der Waals surface area contributed by atoms with Gasteiger partial charge in [0.15, 0.2) is 16.7 Å². The molecular weight excluding hydrogens is 1400 g/mol. The number of anilines is 10. The van der Waals surface area contributed by atoms with Gasteiger partial charge in [-0.2, -0.15) is 41.8 Å². The van der Waals surface area contributed by atoms with Gasteiger partial charge in [-0.3, -0.25) is 28.3 Å².